The van der Waals surface area contributed by atoms with Gasteiger partial charge in [0.1, 0.15) is 0 Å². The summed E-state index contributed by atoms with van der Waals surface area (Å²) < 4.78 is 63.5. The van der Waals surface area contributed by atoms with E-state index in [0.29, 0.717) is 51.1 Å². The van der Waals surface area contributed by atoms with Gasteiger partial charge in [0.15, 0.2) is 0 Å². The predicted molar refractivity (Wildman–Crippen MR) is 117 cm³/mol. The fraction of sp³-hybridized carbons (Fsp3) is 0.500. The summed E-state index contributed by atoms with van der Waals surface area (Å²) in [7, 11) is 0. The van der Waals surface area contributed by atoms with Crippen LogP contribution in [-0.4, -0.2) is 99.0 Å². The number of rotatable bonds is 4. The summed E-state index contributed by atoms with van der Waals surface area (Å²) in [6, 6.07) is 3.41. The topological polar surface area (TPSA) is 148 Å². The van der Waals surface area contributed by atoms with E-state index in [2.05, 4.69) is 16.5 Å². The number of aromatic nitrogens is 1. The fourth-order valence-corrected chi connectivity index (χ4v) is 4.07. The molecule has 10 nitrogen and oxygen atoms in total. The molecule has 2 saturated heterocycles. The normalized spacial score (nSPS) is 21.4. The summed E-state index contributed by atoms with van der Waals surface area (Å²) in [5.74, 6) is -6.35. The number of likely N-dealkylation sites (tertiary alicyclic amines) is 2. The second-order valence-electron chi connectivity index (χ2n) is 8.34. The summed E-state index contributed by atoms with van der Waals surface area (Å²) in [5.41, 5.74) is -0.148. The Morgan fingerprint density at radius 2 is 1.50 bits per heavy atom. The molecule has 2 fully saturated rings. The SMILES string of the molecule is C=CCN1C[C@@H]2CN(C(=O)c3ccncc3)CCC[C@]2(C(=O)O)C1.O=C(O)C(F)(F)F.O=C(O)C(F)(F)F. The van der Waals surface area contributed by atoms with Crippen LogP contribution < -0.4 is 0 Å². The van der Waals surface area contributed by atoms with Crippen LogP contribution in [0.3, 0.4) is 0 Å². The minimum atomic E-state index is -5.08. The highest BCUT2D eigenvalue weighted by molar-refractivity contribution is 5.94. The molecule has 0 spiro atoms. The van der Waals surface area contributed by atoms with Gasteiger partial charge in [0.2, 0.25) is 0 Å². The predicted octanol–water partition coefficient (Wildman–Crippen LogP) is 2.77. The van der Waals surface area contributed by atoms with Gasteiger partial charge in [-0.25, -0.2) is 9.59 Å². The lowest BCUT2D eigenvalue weighted by Gasteiger charge is -2.29. The number of halogens is 6. The standard InChI is InChI=1S/C18H23N3O3.2C2HF3O2/c1-2-9-20-11-15-12-21(16(22)14-4-7-19-8-5-14)10-3-6-18(15,13-20)17(23)24;2*3-2(4,5)1(6)7/h2,4-5,7-8,15H,1,3,6,9-13H2,(H,23,24);2*(H,6,7)/t15-,18+;;/m1../s1. The molecule has 0 bridgehead atoms. The Kier molecular flexibility index (Phi) is 11.2. The molecule has 2 aliphatic rings. The molecule has 2 atom stereocenters. The van der Waals surface area contributed by atoms with Gasteiger partial charge in [-0.15, -0.1) is 6.58 Å². The van der Waals surface area contributed by atoms with Crippen molar-refractivity contribution in [1.82, 2.24) is 14.8 Å². The van der Waals surface area contributed by atoms with Crippen LogP contribution in [0.5, 0.6) is 0 Å². The Balaban J connectivity index is 0.000000426. The van der Waals surface area contributed by atoms with Gasteiger partial charge in [0.25, 0.3) is 5.91 Å². The molecule has 1 aromatic heterocycles. The molecular weight excluding hydrogens is 532 g/mol. The maximum atomic E-state index is 12.7. The van der Waals surface area contributed by atoms with E-state index in [0.717, 1.165) is 0 Å². The third-order valence-corrected chi connectivity index (χ3v) is 5.77. The molecule has 0 saturated carbocycles. The lowest BCUT2D eigenvalue weighted by molar-refractivity contribution is -0.193. The first-order valence-electron chi connectivity index (χ1n) is 10.8. The van der Waals surface area contributed by atoms with Gasteiger partial charge in [-0.3, -0.25) is 19.5 Å². The summed E-state index contributed by atoms with van der Waals surface area (Å²) in [4.78, 5) is 50.5. The van der Waals surface area contributed by atoms with Gasteiger partial charge in [0, 0.05) is 56.6 Å². The molecule has 0 radical (unpaired) electrons. The van der Waals surface area contributed by atoms with Crippen molar-refractivity contribution in [3.8, 4) is 0 Å². The maximum Gasteiger partial charge on any atom is 0.490 e. The van der Waals surface area contributed by atoms with Crippen LogP contribution in [0, 0.1) is 11.3 Å². The van der Waals surface area contributed by atoms with E-state index in [1.807, 2.05) is 4.90 Å². The number of alkyl halides is 6. The first-order chi connectivity index (χ1) is 17.5. The number of carboxylic acid groups (broad SMARTS) is 3. The lowest BCUT2D eigenvalue weighted by atomic mass is 9.75. The number of hydrogen-bond acceptors (Lipinski definition) is 6. The Morgan fingerprint density at radius 1 is 1.00 bits per heavy atom. The van der Waals surface area contributed by atoms with E-state index >= 15 is 0 Å². The van der Waals surface area contributed by atoms with E-state index < -0.39 is 35.7 Å². The molecule has 38 heavy (non-hydrogen) atoms. The smallest absolute Gasteiger partial charge is 0.481 e. The van der Waals surface area contributed by atoms with Gasteiger partial charge < -0.3 is 20.2 Å². The number of fused-ring (bicyclic) bond motifs is 1. The van der Waals surface area contributed by atoms with Gasteiger partial charge in [-0.05, 0) is 25.0 Å². The molecule has 0 unspecified atom stereocenters. The first-order valence-corrected chi connectivity index (χ1v) is 10.8. The van der Waals surface area contributed by atoms with Crippen LogP contribution in [0.1, 0.15) is 23.2 Å². The van der Waals surface area contributed by atoms with Crippen molar-refractivity contribution in [2.75, 3.05) is 32.7 Å². The fourth-order valence-electron chi connectivity index (χ4n) is 4.07. The van der Waals surface area contributed by atoms with Gasteiger partial charge in [-0.2, -0.15) is 26.3 Å². The van der Waals surface area contributed by atoms with Crippen LogP contribution in [-0.2, 0) is 14.4 Å². The molecule has 3 heterocycles. The molecular formula is C22H25F6N3O7. The van der Waals surface area contributed by atoms with Crippen LogP contribution in [0.4, 0.5) is 26.3 Å². The van der Waals surface area contributed by atoms with E-state index in [1.54, 1.807) is 30.6 Å². The van der Waals surface area contributed by atoms with Crippen molar-refractivity contribution >= 4 is 23.8 Å². The number of amides is 1. The van der Waals surface area contributed by atoms with Gasteiger partial charge in [0.05, 0.1) is 5.41 Å². The monoisotopic (exact) mass is 557 g/mol. The van der Waals surface area contributed by atoms with Crippen molar-refractivity contribution in [3.05, 3.63) is 42.7 Å². The van der Waals surface area contributed by atoms with E-state index in [9.17, 15) is 41.0 Å². The third-order valence-electron chi connectivity index (χ3n) is 5.77. The Hall–Kier alpha value is -3.69. The summed E-state index contributed by atoms with van der Waals surface area (Å²) in [6.07, 6.45) is -3.83. The number of carboxylic acids is 3. The number of carbonyl (C=O) groups is 4. The zero-order valence-electron chi connectivity index (χ0n) is 19.7. The molecule has 1 aromatic rings. The Bertz CT molecular complexity index is 979. The van der Waals surface area contributed by atoms with Crippen LogP contribution in [0.25, 0.3) is 0 Å². The Labute approximate surface area is 212 Å². The zero-order chi connectivity index (χ0) is 29.3. The van der Waals surface area contributed by atoms with Crippen LogP contribution >= 0.6 is 0 Å². The van der Waals surface area contributed by atoms with Crippen molar-refractivity contribution in [2.45, 2.75) is 25.2 Å². The number of nitrogens with zero attached hydrogens (tertiary/aromatic N) is 3. The summed E-state index contributed by atoms with van der Waals surface area (Å²) >= 11 is 0. The minimum absolute atomic E-state index is 0.0410. The highest BCUT2D eigenvalue weighted by atomic mass is 19.4. The van der Waals surface area contributed by atoms with Gasteiger partial charge >= 0.3 is 30.3 Å². The molecule has 3 rings (SSSR count). The molecule has 212 valence electrons. The lowest BCUT2D eigenvalue weighted by Crippen LogP contribution is -2.42. The van der Waals surface area contributed by atoms with Crippen molar-refractivity contribution < 1.29 is 60.8 Å². The van der Waals surface area contributed by atoms with Crippen LogP contribution in [0.15, 0.2) is 37.2 Å². The molecule has 16 heteroatoms. The molecule has 0 aliphatic carbocycles. The molecule has 2 aliphatic heterocycles. The zero-order valence-corrected chi connectivity index (χ0v) is 19.7. The summed E-state index contributed by atoms with van der Waals surface area (Å²) in [6.45, 7) is 6.76. The van der Waals surface area contributed by atoms with E-state index in [-0.39, 0.29) is 11.8 Å². The van der Waals surface area contributed by atoms with Crippen molar-refractivity contribution in [2.24, 2.45) is 11.3 Å². The van der Waals surface area contributed by atoms with E-state index in [4.69, 9.17) is 19.8 Å². The van der Waals surface area contributed by atoms with Crippen molar-refractivity contribution in [3.63, 3.8) is 0 Å². The summed E-state index contributed by atoms with van der Waals surface area (Å²) in [5, 5.41) is 24.1. The molecule has 3 N–H and O–H groups in total. The number of aliphatic carboxylic acids is 3. The average Bonchev–Trinajstić information content (AvgIpc) is 3.06. The quantitative estimate of drug-likeness (QED) is 0.375. The average molecular weight is 557 g/mol. The van der Waals surface area contributed by atoms with Crippen LogP contribution in [0.2, 0.25) is 0 Å². The highest BCUT2D eigenvalue weighted by Gasteiger charge is 2.53. The molecule has 1 amide bonds. The maximum absolute atomic E-state index is 12.7. The highest BCUT2D eigenvalue weighted by Crippen LogP contribution is 2.43. The number of hydrogen-bond donors (Lipinski definition) is 3. The van der Waals surface area contributed by atoms with E-state index in [1.165, 1.54) is 0 Å². The third kappa shape index (κ3) is 9.00. The minimum Gasteiger partial charge on any atom is -0.481 e. The molecule has 0 aromatic carbocycles. The second-order valence-corrected chi connectivity index (χ2v) is 8.34. The second kappa shape index (κ2) is 13.2. The Morgan fingerprint density at radius 3 is 1.92 bits per heavy atom. The van der Waals surface area contributed by atoms with Gasteiger partial charge in [-0.1, -0.05) is 6.08 Å². The largest absolute Gasteiger partial charge is 0.490 e. The number of carbonyl (C=O) groups excluding carboxylic acids is 1. The van der Waals surface area contributed by atoms with Crippen molar-refractivity contribution in [1.29, 1.82) is 0 Å². The number of pyridine rings is 1. The first kappa shape index (κ1) is 32.3.